The highest BCUT2D eigenvalue weighted by atomic mass is 16.5. The Balaban J connectivity index is 1.37. The van der Waals surface area contributed by atoms with Crippen molar-refractivity contribution < 1.29 is 43.4 Å². The second-order valence-electron chi connectivity index (χ2n) is 11.2. The Labute approximate surface area is 271 Å². The predicted octanol–water partition coefficient (Wildman–Crippen LogP) is 0.133. The van der Waals surface area contributed by atoms with Gasteiger partial charge in [0.05, 0.1) is 6.54 Å². The van der Waals surface area contributed by atoms with Gasteiger partial charge in [0, 0.05) is 5.92 Å². The fourth-order valence-electron chi connectivity index (χ4n) is 4.77. The average molecular weight is 653 g/mol. The third-order valence-electron chi connectivity index (χ3n) is 7.50. The highest BCUT2D eigenvalue weighted by Gasteiger charge is 2.30. The van der Waals surface area contributed by atoms with Gasteiger partial charge in [0.15, 0.2) is 0 Å². The number of aliphatic carboxylic acids is 1. The van der Waals surface area contributed by atoms with Gasteiger partial charge < -0.3 is 41.7 Å². The van der Waals surface area contributed by atoms with Crippen LogP contribution in [-0.4, -0.2) is 90.1 Å². The van der Waals surface area contributed by atoms with Crippen LogP contribution in [0.3, 0.4) is 0 Å². The zero-order valence-corrected chi connectivity index (χ0v) is 26.7. The van der Waals surface area contributed by atoms with Crippen molar-refractivity contribution in [2.24, 2.45) is 0 Å². The minimum Gasteiger partial charge on any atom is -0.480 e. The molecule has 0 fully saturated rings. The number of hydrogen-bond donors (Lipinski definition) is 7. The summed E-state index contributed by atoms with van der Waals surface area (Å²) in [6, 6.07) is 10.3. The average Bonchev–Trinajstić information content (AvgIpc) is 3.35. The highest BCUT2D eigenvalue weighted by molar-refractivity contribution is 5.95. The van der Waals surface area contributed by atoms with Crippen molar-refractivity contribution in [3.05, 3.63) is 59.7 Å². The first kappa shape index (κ1) is 36.0. The maximum absolute atomic E-state index is 12.5. The molecule has 2 aromatic carbocycles. The molecule has 0 radical (unpaired) electrons. The van der Waals surface area contributed by atoms with Crippen LogP contribution >= 0.6 is 0 Å². The van der Waals surface area contributed by atoms with Gasteiger partial charge in [-0.15, -0.1) is 0 Å². The Morgan fingerprint density at radius 1 is 0.617 bits per heavy atom. The SMILES string of the molecule is C[C@H](NC(=O)CNC(=O)[C@H](C)NC(=O)OCC1c2ccccc2-c2ccccc21)C(=O)N[C@H](C)C(=O)N[C@H](C)C(=O)N[C@H](C)C(=O)O. The van der Waals surface area contributed by atoms with Crippen LogP contribution in [0.2, 0.25) is 0 Å². The van der Waals surface area contributed by atoms with Crippen molar-refractivity contribution in [3.8, 4) is 11.1 Å². The van der Waals surface area contributed by atoms with Gasteiger partial charge in [-0.3, -0.25) is 28.8 Å². The number of amides is 6. The van der Waals surface area contributed by atoms with Crippen LogP contribution in [0.15, 0.2) is 48.5 Å². The van der Waals surface area contributed by atoms with Crippen molar-refractivity contribution in [2.45, 2.75) is 70.7 Å². The standard InChI is InChI=1S/C32H40N6O9/c1-16(38-32(46)47-15-25-23-12-8-6-10-21(23)22-11-7-9-13-24(22)25)27(40)33-14-26(39)34-17(2)28(41)35-18(3)29(42)36-19(4)30(43)37-20(5)31(44)45/h6-13,16-20,25H,14-15H2,1-5H3,(H,33,40)(H,34,39)(H,35,41)(H,36,42)(H,37,43)(H,38,46)(H,44,45)/t16-,17-,18+,19+,20+/m0/s1. The molecule has 0 heterocycles. The van der Waals surface area contributed by atoms with E-state index >= 15 is 0 Å². The normalized spacial score (nSPS) is 14.8. The molecular weight excluding hydrogens is 612 g/mol. The van der Waals surface area contributed by atoms with Crippen molar-refractivity contribution >= 4 is 41.6 Å². The fourth-order valence-corrected chi connectivity index (χ4v) is 4.77. The summed E-state index contributed by atoms with van der Waals surface area (Å²) < 4.78 is 5.45. The van der Waals surface area contributed by atoms with E-state index < -0.39 is 78.4 Å². The molecule has 0 aromatic heterocycles. The second kappa shape index (κ2) is 16.2. The highest BCUT2D eigenvalue weighted by Crippen LogP contribution is 2.44. The molecule has 15 heteroatoms. The van der Waals surface area contributed by atoms with Crippen LogP contribution in [0, 0.1) is 0 Å². The molecule has 252 valence electrons. The molecule has 1 aliphatic carbocycles. The number of rotatable bonds is 14. The molecule has 2 aromatic rings. The van der Waals surface area contributed by atoms with Crippen LogP contribution < -0.4 is 31.9 Å². The van der Waals surface area contributed by atoms with Crippen LogP contribution in [0.4, 0.5) is 4.79 Å². The van der Waals surface area contributed by atoms with Crippen molar-refractivity contribution in [3.63, 3.8) is 0 Å². The van der Waals surface area contributed by atoms with Gasteiger partial charge in [0.1, 0.15) is 36.8 Å². The van der Waals surface area contributed by atoms with E-state index in [1.165, 1.54) is 34.6 Å². The topological polar surface area (TPSA) is 221 Å². The summed E-state index contributed by atoms with van der Waals surface area (Å²) in [6.07, 6.45) is -0.799. The molecule has 1 aliphatic rings. The van der Waals surface area contributed by atoms with E-state index in [9.17, 15) is 33.6 Å². The Morgan fingerprint density at radius 2 is 1.04 bits per heavy atom. The third kappa shape index (κ3) is 9.76. The molecule has 5 atom stereocenters. The van der Waals surface area contributed by atoms with Gasteiger partial charge in [-0.2, -0.15) is 0 Å². The van der Waals surface area contributed by atoms with Crippen molar-refractivity contribution in [2.75, 3.05) is 13.2 Å². The van der Waals surface area contributed by atoms with Gasteiger partial charge in [-0.05, 0) is 56.9 Å². The molecule has 6 amide bonds. The quantitative estimate of drug-likeness (QED) is 0.147. The lowest BCUT2D eigenvalue weighted by Crippen LogP contribution is -2.56. The van der Waals surface area contributed by atoms with Crippen LogP contribution in [0.1, 0.15) is 51.7 Å². The van der Waals surface area contributed by atoms with E-state index in [-0.39, 0.29) is 12.5 Å². The molecule has 0 unspecified atom stereocenters. The summed E-state index contributed by atoms with van der Waals surface area (Å²) in [6.45, 7) is 6.34. The number of carboxylic acids is 1. The summed E-state index contributed by atoms with van der Waals surface area (Å²) >= 11 is 0. The maximum Gasteiger partial charge on any atom is 0.407 e. The predicted molar refractivity (Wildman–Crippen MR) is 169 cm³/mol. The molecule has 0 saturated heterocycles. The number of benzene rings is 2. The molecule has 7 N–H and O–H groups in total. The molecule has 0 aliphatic heterocycles. The van der Waals surface area contributed by atoms with E-state index in [0.29, 0.717) is 0 Å². The Kier molecular flexibility index (Phi) is 12.4. The summed E-state index contributed by atoms with van der Waals surface area (Å²) in [7, 11) is 0. The third-order valence-corrected chi connectivity index (χ3v) is 7.50. The largest absolute Gasteiger partial charge is 0.480 e. The van der Waals surface area contributed by atoms with Gasteiger partial charge in [-0.25, -0.2) is 4.79 Å². The summed E-state index contributed by atoms with van der Waals surface area (Å²) in [5.74, 6) is -4.91. The van der Waals surface area contributed by atoms with E-state index in [4.69, 9.17) is 9.84 Å². The fraction of sp³-hybridized carbons (Fsp3) is 0.406. The van der Waals surface area contributed by atoms with E-state index in [1.807, 2.05) is 48.5 Å². The number of hydrogen-bond acceptors (Lipinski definition) is 8. The first-order valence-electron chi connectivity index (χ1n) is 15.0. The molecule has 0 spiro atoms. The zero-order valence-electron chi connectivity index (χ0n) is 26.7. The number of nitrogens with one attached hydrogen (secondary N) is 6. The number of carbonyl (C=O) groups excluding carboxylic acids is 6. The van der Waals surface area contributed by atoms with E-state index in [0.717, 1.165) is 22.3 Å². The molecule has 0 saturated carbocycles. The number of fused-ring (bicyclic) bond motifs is 3. The van der Waals surface area contributed by atoms with Crippen LogP contribution in [-0.2, 0) is 33.5 Å². The zero-order chi connectivity index (χ0) is 34.8. The number of ether oxygens (including phenoxy) is 1. The van der Waals surface area contributed by atoms with Gasteiger partial charge >= 0.3 is 12.1 Å². The minimum atomic E-state index is -1.24. The summed E-state index contributed by atoms with van der Waals surface area (Å²) in [5.41, 5.74) is 4.25. The molecule has 47 heavy (non-hydrogen) atoms. The van der Waals surface area contributed by atoms with Crippen LogP contribution in [0.25, 0.3) is 11.1 Å². The second-order valence-corrected chi connectivity index (χ2v) is 11.2. The van der Waals surface area contributed by atoms with E-state index in [2.05, 4.69) is 31.9 Å². The smallest absolute Gasteiger partial charge is 0.407 e. The lowest BCUT2D eigenvalue weighted by atomic mass is 9.98. The molecular formula is C32H40N6O9. The monoisotopic (exact) mass is 652 g/mol. The Hall–Kier alpha value is -5.47. The van der Waals surface area contributed by atoms with Gasteiger partial charge in [0.25, 0.3) is 0 Å². The molecule has 3 rings (SSSR count). The lowest BCUT2D eigenvalue weighted by molar-refractivity contribution is -0.141. The van der Waals surface area contributed by atoms with Crippen molar-refractivity contribution in [1.82, 2.24) is 31.9 Å². The molecule has 0 bridgehead atoms. The summed E-state index contributed by atoms with van der Waals surface area (Å²) in [5, 5.41) is 23.1. The Bertz CT molecular complexity index is 1480. The first-order chi connectivity index (χ1) is 22.2. The van der Waals surface area contributed by atoms with Gasteiger partial charge in [-0.1, -0.05) is 48.5 Å². The van der Waals surface area contributed by atoms with Crippen LogP contribution in [0.5, 0.6) is 0 Å². The number of carbonyl (C=O) groups is 7. The molecule has 15 nitrogen and oxygen atoms in total. The minimum absolute atomic E-state index is 0.0667. The lowest BCUT2D eigenvalue weighted by Gasteiger charge is -2.21. The maximum atomic E-state index is 12.5. The van der Waals surface area contributed by atoms with Crippen molar-refractivity contribution in [1.29, 1.82) is 0 Å². The summed E-state index contributed by atoms with van der Waals surface area (Å²) in [4.78, 5) is 85.1. The number of carboxylic acid groups (broad SMARTS) is 1. The Morgan fingerprint density at radius 3 is 1.53 bits per heavy atom. The van der Waals surface area contributed by atoms with Gasteiger partial charge in [0.2, 0.25) is 29.5 Å². The van der Waals surface area contributed by atoms with E-state index in [1.54, 1.807) is 0 Å². The number of alkyl carbamates (subject to hydrolysis) is 1. The first-order valence-corrected chi connectivity index (χ1v) is 15.0.